The first-order valence-corrected chi connectivity index (χ1v) is 6.32. The van der Waals surface area contributed by atoms with Crippen LogP contribution in [-0.4, -0.2) is 12.2 Å². The number of hydrogen-bond donors (Lipinski definition) is 1. The van der Waals surface area contributed by atoms with Crippen LogP contribution in [0.5, 0.6) is 5.75 Å². The highest BCUT2D eigenvalue weighted by Crippen LogP contribution is 2.31. The third-order valence-electron chi connectivity index (χ3n) is 2.81. The van der Waals surface area contributed by atoms with E-state index >= 15 is 0 Å². The van der Waals surface area contributed by atoms with E-state index in [1.165, 1.54) is 9.75 Å². The number of benzene rings is 1. The van der Waals surface area contributed by atoms with Crippen molar-refractivity contribution >= 4 is 11.3 Å². The molecule has 2 aromatic rings. The lowest BCUT2D eigenvalue weighted by Gasteiger charge is -2.11. The quantitative estimate of drug-likeness (QED) is 0.901. The first-order chi connectivity index (χ1) is 8.11. The highest BCUT2D eigenvalue weighted by atomic mass is 32.1. The van der Waals surface area contributed by atoms with Gasteiger partial charge in [-0.15, -0.1) is 11.3 Å². The minimum atomic E-state index is -0.550. The molecule has 17 heavy (non-hydrogen) atoms. The van der Waals surface area contributed by atoms with Gasteiger partial charge in [0.05, 0.1) is 7.11 Å². The Balaban J connectivity index is 2.30. The smallest absolute Gasteiger partial charge is 0.118 e. The van der Waals surface area contributed by atoms with Crippen molar-refractivity contribution in [2.45, 2.75) is 20.0 Å². The van der Waals surface area contributed by atoms with Crippen molar-refractivity contribution in [1.82, 2.24) is 0 Å². The van der Waals surface area contributed by atoms with E-state index in [1.54, 1.807) is 18.4 Å². The van der Waals surface area contributed by atoms with Crippen LogP contribution in [0.2, 0.25) is 0 Å². The summed E-state index contributed by atoms with van der Waals surface area (Å²) in [5.74, 6) is 0.805. The van der Waals surface area contributed by atoms with Crippen LogP contribution in [0.15, 0.2) is 30.3 Å². The van der Waals surface area contributed by atoms with Crippen LogP contribution in [0.4, 0.5) is 0 Å². The third-order valence-corrected chi connectivity index (χ3v) is 3.79. The van der Waals surface area contributed by atoms with Gasteiger partial charge in [-0.25, -0.2) is 0 Å². The average Bonchev–Trinajstić information content (AvgIpc) is 2.68. The average molecular weight is 248 g/mol. The molecule has 0 radical (unpaired) electrons. The molecule has 1 aromatic carbocycles. The molecule has 0 fully saturated rings. The first kappa shape index (κ1) is 12.1. The van der Waals surface area contributed by atoms with Crippen LogP contribution in [0.25, 0.3) is 0 Å². The molecule has 1 atom stereocenters. The fourth-order valence-electron chi connectivity index (χ4n) is 1.89. The Kier molecular flexibility index (Phi) is 3.50. The van der Waals surface area contributed by atoms with Crippen LogP contribution >= 0.6 is 11.3 Å². The van der Waals surface area contributed by atoms with E-state index in [-0.39, 0.29) is 0 Å². The molecule has 0 spiro atoms. The van der Waals surface area contributed by atoms with E-state index in [4.69, 9.17) is 4.74 Å². The van der Waals surface area contributed by atoms with Gasteiger partial charge in [0, 0.05) is 9.75 Å². The Labute approximate surface area is 105 Å². The molecule has 1 heterocycles. The number of aliphatic hydroxyl groups is 1. The van der Waals surface area contributed by atoms with Gasteiger partial charge in [0.1, 0.15) is 11.9 Å². The highest BCUT2D eigenvalue weighted by Gasteiger charge is 2.14. The van der Waals surface area contributed by atoms with Gasteiger partial charge in [0.25, 0.3) is 0 Å². The van der Waals surface area contributed by atoms with E-state index in [9.17, 15) is 5.11 Å². The van der Waals surface area contributed by atoms with Crippen LogP contribution in [0.3, 0.4) is 0 Å². The van der Waals surface area contributed by atoms with E-state index in [0.29, 0.717) is 0 Å². The minimum absolute atomic E-state index is 0.550. The van der Waals surface area contributed by atoms with Crippen LogP contribution < -0.4 is 4.74 Å². The standard InChI is InChI=1S/C14H16O2S/c1-9-8-13(10(2)17-9)14(15)11-4-6-12(16-3)7-5-11/h4-8,14-15H,1-3H3. The number of rotatable bonds is 3. The first-order valence-electron chi connectivity index (χ1n) is 5.50. The second-order valence-corrected chi connectivity index (χ2v) is 5.50. The summed E-state index contributed by atoms with van der Waals surface area (Å²) in [5, 5.41) is 10.3. The van der Waals surface area contributed by atoms with Crippen molar-refractivity contribution in [2.75, 3.05) is 7.11 Å². The SMILES string of the molecule is COc1ccc(C(O)c2cc(C)sc2C)cc1. The molecular weight excluding hydrogens is 232 g/mol. The summed E-state index contributed by atoms with van der Waals surface area (Å²) < 4.78 is 5.10. The van der Waals surface area contributed by atoms with Gasteiger partial charge in [-0.05, 0) is 43.2 Å². The summed E-state index contributed by atoms with van der Waals surface area (Å²) >= 11 is 1.72. The van der Waals surface area contributed by atoms with Crippen molar-refractivity contribution in [1.29, 1.82) is 0 Å². The van der Waals surface area contributed by atoms with E-state index < -0.39 is 6.10 Å². The van der Waals surface area contributed by atoms with Crippen molar-refractivity contribution in [2.24, 2.45) is 0 Å². The van der Waals surface area contributed by atoms with Gasteiger partial charge >= 0.3 is 0 Å². The fourth-order valence-corrected chi connectivity index (χ4v) is 2.84. The van der Waals surface area contributed by atoms with E-state index in [1.807, 2.05) is 31.2 Å². The number of thiophene rings is 1. The summed E-state index contributed by atoms with van der Waals surface area (Å²) in [5.41, 5.74) is 1.89. The largest absolute Gasteiger partial charge is 0.497 e. The Morgan fingerprint density at radius 1 is 1.18 bits per heavy atom. The molecule has 0 saturated carbocycles. The zero-order valence-electron chi connectivity index (χ0n) is 10.2. The predicted octanol–water partition coefficient (Wildman–Crippen LogP) is 3.46. The van der Waals surface area contributed by atoms with Crippen LogP contribution in [0.1, 0.15) is 27.0 Å². The molecule has 0 saturated heterocycles. The minimum Gasteiger partial charge on any atom is -0.497 e. The molecule has 0 aliphatic heterocycles. The van der Waals surface area contributed by atoms with Gasteiger partial charge in [-0.1, -0.05) is 12.1 Å². The second kappa shape index (κ2) is 4.90. The molecule has 0 aliphatic carbocycles. The Hall–Kier alpha value is -1.32. The summed E-state index contributed by atoms with van der Waals surface area (Å²) in [6.45, 7) is 4.10. The van der Waals surface area contributed by atoms with E-state index in [0.717, 1.165) is 16.9 Å². The van der Waals surface area contributed by atoms with Gasteiger partial charge < -0.3 is 9.84 Å². The normalized spacial score (nSPS) is 12.5. The number of hydrogen-bond acceptors (Lipinski definition) is 3. The molecule has 1 N–H and O–H groups in total. The monoisotopic (exact) mass is 248 g/mol. The molecule has 0 bridgehead atoms. The maximum Gasteiger partial charge on any atom is 0.118 e. The van der Waals surface area contributed by atoms with Crippen LogP contribution in [-0.2, 0) is 0 Å². The molecule has 2 nitrogen and oxygen atoms in total. The molecule has 3 heteroatoms. The highest BCUT2D eigenvalue weighted by molar-refractivity contribution is 7.12. The Morgan fingerprint density at radius 3 is 2.29 bits per heavy atom. The van der Waals surface area contributed by atoms with Gasteiger partial charge in [0.15, 0.2) is 0 Å². The molecule has 1 aromatic heterocycles. The summed E-state index contributed by atoms with van der Waals surface area (Å²) in [6.07, 6.45) is -0.550. The molecule has 0 aliphatic rings. The van der Waals surface area contributed by atoms with Crippen LogP contribution in [0, 0.1) is 13.8 Å². The number of methoxy groups -OCH3 is 1. The van der Waals surface area contributed by atoms with Gasteiger partial charge in [-0.2, -0.15) is 0 Å². The number of aliphatic hydroxyl groups excluding tert-OH is 1. The third kappa shape index (κ3) is 2.51. The summed E-state index contributed by atoms with van der Waals surface area (Å²) in [6, 6.07) is 9.58. The second-order valence-electron chi connectivity index (χ2n) is 4.04. The maximum absolute atomic E-state index is 10.3. The van der Waals surface area contributed by atoms with Gasteiger partial charge in [0.2, 0.25) is 0 Å². The van der Waals surface area contributed by atoms with Gasteiger partial charge in [-0.3, -0.25) is 0 Å². The summed E-state index contributed by atoms with van der Waals surface area (Å²) in [7, 11) is 1.64. The fraction of sp³-hybridized carbons (Fsp3) is 0.286. The lowest BCUT2D eigenvalue weighted by Crippen LogP contribution is -1.99. The lowest BCUT2D eigenvalue weighted by atomic mass is 10.0. The Bertz CT molecular complexity index is 499. The molecule has 1 unspecified atom stereocenters. The number of ether oxygens (including phenoxy) is 1. The lowest BCUT2D eigenvalue weighted by molar-refractivity contribution is 0.220. The maximum atomic E-state index is 10.3. The molecule has 2 rings (SSSR count). The topological polar surface area (TPSA) is 29.5 Å². The van der Waals surface area contributed by atoms with Crippen molar-refractivity contribution < 1.29 is 9.84 Å². The Morgan fingerprint density at radius 2 is 1.82 bits per heavy atom. The molecular formula is C14H16O2S. The number of aryl methyl sites for hydroxylation is 2. The zero-order valence-corrected chi connectivity index (χ0v) is 11.0. The zero-order chi connectivity index (χ0) is 12.4. The van der Waals surface area contributed by atoms with Crippen molar-refractivity contribution in [3.63, 3.8) is 0 Å². The summed E-state index contributed by atoms with van der Waals surface area (Å²) in [4.78, 5) is 2.40. The molecule has 0 amide bonds. The van der Waals surface area contributed by atoms with E-state index in [2.05, 4.69) is 13.0 Å². The molecule has 90 valence electrons. The predicted molar refractivity (Wildman–Crippen MR) is 70.8 cm³/mol. The van der Waals surface area contributed by atoms with Crippen molar-refractivity contribution in [3.8, 4) is 5.75 Å². The van der Waals surface area contributed by atoms with Crippen molar-refractivity contribution in [3.05, 3.63) is 51.2 Å².